The van der Waals surface area contributed by atoms with Gasteiger partial charge in [-0.25, -0.2) is 0 Å². The van der Waals surface area contributed by atoms with Crippen LogP contribution in [-0.2, 0) is 4.79 Å². The molecule has 3 heteroatoms. The number of carbonyl (C=O) groups is 1. The van der Waals surface area contributed by atoms with Gasteiger partial charge in [-0.1, -0.05) is 24.3 Å². The maximum atomic E-state index is 11.8. The molecule has 0 amide bonds. The van der Waals surface area contributed by atoms with E-state index in [1.807, 2.05) is 36.5 Å². The molecule has 2 aromatic rings. The Morgan fingerprint density at radius 3 is 2.68 bits per heavy atom. The van der Waals surface area contributed by atoms with Gasteiger partial charge < -0.3 is 4.90 Å². The maximum Gasteiger partial charge on any atom is 0.137 e. The van der Waals surface area contributed by atoms with E-state index in [-0.39, 0.29) is 6.04 Å². The van der Waals surface area contributed by atoms with E-state index in [1.165, 1.54) is 5.69 Å². The predicted octanol–water partition coefficient (Wildman–Crippen LogP) is 2.99. The van der Waals surface area contributed by atoms with Crippen LogP contribution in [0.15, 0.2) is 54.9 Å². The Labute approximate surface area is 112 Å². The molecular formula is C16H16N2O. The number of carbonyl (C=O) groups excluding carboxylic acids is 1. The predicted molar refractivity (Wildman–Crippen MR) is 75.0 cm³/mol. The largest absolute Gasteiger partial charge is 0.364 e. The van der Waals surface area contributed by atoms with Crippen LogP contribution < -0.4 is 4.90 Å². The number of hydrogen-bond donors (Lipinski definition) is 0. The van der Waals surface area contributed by atoms with Crippen LogP contribution in [-0.4, -0.2) is 17.3 Å². The summed E-state index contributed by atoms with van der Waals surface area (Å²) >= 11 is 0. The lowest BCUT2D eigenvalue weighted by molar-refractivity contribution is -0.120. The van der Waals surface area contributed by atoms with Gasteiger partial charge in [0.1, 0.15) is 5.78 Å². The number of rotatable bonds is 2. The number of aromatic nitrogens is 1. The number of piperidine rings is 1. The van der Waals surface area contributed by atoms with Crippen LogP contribution in [0.25, 0.3) is 0 Å². The molecule has 0 bridgehead atoms. The topological polar surface area (TPSA) is 33.2 Å². The second kappa shape index (κ2) is 5.22. The van der Waals surface area contributed by atoms with Gasteiger partial charge in [0.15, 0.2) is 0 Å². The second-order valence-electron chi connectivity index (χ2n) is 4.82. The Balaban J connectivity index is 1.95. The number of nitrogens with zero attached hydrogens (tertiary/aromatic N) is 2. The van der Waals surface area contributed by atoms with Crippen LogP contribution in [0.4, 0.5) is 5.69 Å². The quantitative estimate of drug-likeness (QED) is 0.823. The van der Waals surface area contributed by atoms with Gasteiger partial charge in [-0.3, -0.25) is 9.78 Å². The summed E-state index contributed by atoms with van der Waals surface area (Å²) in [4.78, 5) is 18.3. The third kappa shape index (κ3) is 2.50. The third-order valence-electron chi connectivity index (χ3n) is 3.59. The summed E-state index contributed by atoms with van der Waals surface area (Å²) in [5.41, 5.74) is 2.28. The third-order valence-corrected chi connectivity index (χ3v) is 3.59. The monoisotopic (exact) mass is 252 g/mol. The molecule has 19 heavy (non-hydrogen) atoms. The molecule has 1 unspecified atom stereocenters. The highest BCUT2D eigenvalue weighted by molar-refractivity contribution is 5.82. The smallest absolute Gasteiger partial charge is 0.137 e. The first-order valence-corrected chi connectivity index (χ1v) is 6.58. The summed E-state index contributed by atoms with van der Waals surface area (Å²) < 4.78 is 0. The molecule has 1 saturated heterocycles. The average Bonchev–Trinajstić information content (AvgIpc) is 2.49. The zero-order valence-corrected chi connectivity index (χ0v) is 10.7. The van der Waals surface area contributed by atoms with Gasteiger partial charge in [0.25, 0.3) is 0 Å². The van der Waals surface area contributed by atoms with Crippen molar-refractivity contribution >= 4 is 11.5 Å². The minimum absolute atomic E-state index is 0.109. The van der Waals surface area contributed by atoms with Gasteiger partial charge >= 0.3 is 0 Å². The van der Waals surface area contributed by atoms with E-state index in [4.69, 9.17) is 0 Å². The molecule has 1 aromatic carbocycles. The number of para-hydroxylation sites is 1. The van der Waals surface area contributed by atoms with Crippen molar-refractivity contribution in [3.8, 4) is 0 Å². The Morgan fingerprint density at radius 1 is 1.11 bits per heavy atom. The summed E-state index contributed by atoms with van der Waals surface area (Å²) in [6.45, 7) is 0.780. The van der Waals surface area contributed by atoms with Crippen molar-refractivity contribution in [2.24, 2.45) is 0 Å². The summed E-state index contributed by atoms with van der Waals surface area (Å²) in [6.07, 6.45) is 4.83. The van der Waals surface area contributed by atoms with Crippen LogP contribution in [0.5, 0.6) is 0 Å². The average molecular weight is 252 g/mol. The zero-order valence-electron chi connectivity index (χ0n) is 10.7. The lowest BCUT2D eigenvalue weighted by Gasteiger charge is -2.37. The Bertz CT molecular complexity index is 553. The first kappa shape index (κ1) is 11.9. The molecule has 3 nitrogen and oxygen atoms in total. The van der Waals surface area contributed by atoms with Crippen molar-refractivity contribution in [1.29, 1.82) is 0 Å². The van der Waals surface area contributed by atoms with Crippen LogP contribution >= 0.6 is 0 Å². The SMILES string of the molecule is O=C1CCN(c2ccccc2)C(c2cccnc2)C1. The highest BCUT2D eigenvalue weighted by Crippen LogP contribution is 2.33. The van der Waals surface area contributed by atoms with Crippen molar-refractivity contribution in [3.63, 3.8) is 0 Å². The van der Waals surface area contributed by atoms with E-state index in [9.17, 15) is 4.79 Å². The van der Waals surface area contributed by atoms with Crippen molar-refractivity contribution in [1.82, 2.24) is 4.98 Å². The molecule has 0 N–H and O–H groups in total. The van der Waals surface area contributed by atoms with Crippen molar-refractivity contribution in [2.45, 2.75) is 18.9 Å². The molecule has 1 aliphatic rings. The first-order chi connectivity index (χ1) is 9.34. The van der Waals surface area contributed by atoms with Crippen LogP contribution in [0.3, 0.4) is 0 Å². The maximum absolute atomic E-state index is 11.8. The molecule has 0 aliphatic carbocycles. The zero-order chi connectivity index (χ0) is 13.1. The Hall–Kier alpha value is -2.16. The summed E-state index contributed by atoms with van der Waals surface area (Å²) in [6, 6.07) is 14.4. The van der Waals surface area contributed by atoms with Crippen molar-refractivity contribution in [3.05, 3.63) is 60.4 Å². The number of anilines is 1. The molecule has 0 radical (unpaired) electrons. The van der Waals surface area contributed by atoms with Crippen molar-refractivity contribution < 1.29 is 4.79 Å². The molecule has 1 fully saturated rings. The summed E-state index contributed by atoms with van der Waals surface area (Å²) in [5.74, 6) is 0.334. The van der Waals surface area contributed by atoms with Gasteiger partial charge in [0.2, 0.25) is 0 Å². The van der Waals surface area contributed by atoms with Crippen LogP contribution in [0.1, 0.15) is 24.4 Å². The molecule has 1 aliphatic heterocycles. The normalized spacial score (nSPS) is 19.5. The first-order valence-electron chi connectivity index (χ1n) is 6.58. The van der Waals surface area contributed by atoms with E-state index in [0.717, 1.165) is 12.1 Å². The molecule has 1 atom stereocenters. The minimum atomic E-state index is 0.109. The number of pyridine rings is 1. The van der Waals surface area contributed by atoms with E-state index in [2.05, 4.69) is 22.0 Å². The highest BCUT2D eigenvalue weighted by Gasteiger charge is 2.28. The van der Waals surface area contributed by atoms with E-state index in [1.54, 1.807) is 6.20 Å². The number of ketones is 1. The standard InChI is InChI=1S/C16H16N2O/c19-15-8-10-18(14-6-2-1-3-7-14)16(11-15)13-5-4-9-17-12-13/h1-7,9,12,16H,8,10-11H2. The lowest BCUT2D eigenvalue weighted by atomic mass is 9.95. The van der Waals surface area contributed by atoms with Gasteiger partial charge in [-0.15, -0.1) is 0 Å². The molecular weight excluding hydrogens is 236 g/mol. The van der Waals surface area contributed by atoms with Crippen LogP contribution in [0.2, 0.25) is 0 Å². The van der Waals surface area contributed by atoms with Gasteiger partial charge in [-0.05, 0) is 23.8 Å². The lowest BCUT2D eigenvalue weighted by Crippen LogP contribution is -2.37. The Kier molecular flexibility index (Phi) is 3.27. The molecule has 2 heterocycles. The van der Waals surface area contributed by atoms with Gasteiger partial charge in [0.05, 0.1) is 6.04 Å². The summed E-state index contributed by atoms with van der Waals surface area (Å²) in [7, 11) is 0. The second-order valence-corrected chi connectivity index (χ2v) is 4.82. The fourth-order valence-corrected chi connectivity index (χ4v) is 2.63. The molecule has 96 valence electrons. The molecule has 1 aromatic heterocycles. The van der Waals surface area contributed by atoms with Crippen LogP contribution in [0, 0.1) is 0 Å². The number of Topliss-reactive ketones (excluding diaryl/α,β-unsaturated/α-hetero) is 1. The highest BCUT2D eigenvalue weighted by atomic mass is 16.1. The number of benzene rings is 1. The fourth-order valence-electron chi connectivity index (χ4n) is 2.63. The molecule has 0 spiro atoms. The minimum Gasteiger partial charge on any atom is -0.364 e. The Morgan fingerprint density at radius 2 is 1.95 bits per heavy atom. The van der Waals surface area contributed by atoms with E-state index < -0.39 is 0 Å². The van der Waals surface area contributed by atoms with E-state index >= 15 is 0 Å². The van der Waals surface area contributed by atoms with Crippen molar-refractivity contribution in [2.75, 3.05) is 11.4 Å². The molecule has 0 saturated carbocycles. The van der Waals surface area contributed by atoms with E-state index in [0.29, 0.717) is 18.6 Å². The van der Waals surface area contributed by atoms with Gasteiger partial charge in [0, 0.05) is 37.5 Å². The van der Waals surface area contributed by atoms with Gasteiger partial charge in [-0.2, -0.15) is 0 Å². The number of hydrogen-bond acceptors (Lipinski definition) is 3. The summed E-state index contributed by atoms with van der Waals surface area (Å²) in [5, 5.41) is 0. The fraction of sp³-hybridized carbons (Fsp3) is 0.250. The molecule has 3 rings (SSSR count).